The Morgan fingerprint density at radius 2 is 1.90 bits per heavy atom. The third-order valence-corrected chi connectivity index (χ3v) is 3.98. The Balaban J connectivity index is 2.09. The molecule has 1 unspecified atom stereocenters. The number of aromatic carboxylic acids is 1. The number of rotatable bonds is 2. The third-order valence-electron chi connectivity index (χ3n) is 3.98. The number of ether oxygens (including phenoxy) is 1. The lowest BCUT2D eigenvalue weighted by atomic mass is 9.85. The predicted molar refractivity (Wildman–Crippen MR) is 81.0 cm³/mol. The third kappa shape index (κ3) is 2.92. The molecule has 0 aliphatic carbocycles. The molecule has 2 aromatic rings. The van der Waals surface area contributed by atoms with Gasteiger partial charge in [-0.05, 0) is 43.0 Å². The summed E-state index contributed by atoms with van der Waals surface area (Å²) < 4.78 is 5.82. The van der Waals surface area contributed by atoms with Crippen LogP contribution in [0.15, 0.2) is 48.5 Å². The van der Waals surface area contributed by atoms with Crippen molar-refractivity contribution in [2.75, 3.05) is 6.61 Å². The number of benzene rings is 2. The lowest BCUT2D eigenvalue weighted by Gasteiger charge is -2.24. The Morgan fingerprint density at radius 1 is 1.10 bits per heavy atom. The number of hydrogen-bond donors (Lipinski definition) is 1. The molecule has 1 heterocycles. The molecule has 0 saturated heterocycles. The van der Waals surface area contributed by atoms with Crippen molar-refractivity contribution in [1.29, 1.82) is 0 Å². The highest BCUT2D eigenvalue weighted by molar-refractivity contribution is 5.88. The van der Waals surface area contributed by atoms with Crippen LogP contribution in [0.1, 0.15) is 46.7 Å². The van der Waals surface area contributed by atoms with Crippen molar-refractivity contribution in [1.82, 2.24) is 0 Å². The minimum Gasteiger partial charge on any atom is -0.493 e. The largest absolute Gasteiger partial charge is 0.493 e. The Bertz CT molecular complexity index is 634. The fourth-order valence-corrected chi connectivity index (χ4v) is 2.90. The first kappa shape index (κ1) is 13.7. The first-order valence-electron chi connectivity index (χ1n) is 7.30. The summed E-state index contributed by atoms with van der Waals surface area (Å²) in [6.07, 6.45) is 3.13. The summed E-state index contributed by atoms with van der Waals surface area (Å²) in [6, 6.07) is 15.4. The van der Waals surface area contributed by atoms with Crippen molar-refractivity contribution in [2.24, 2.45) is 0 Å². The molecule has 1 atom stereocenters. The number of carbonyl (C=O) groups is 1. The van der Waals surface area contributed by atoms with E-state index in [1.54, 1.807) is 18.2 Å². The fraction of sp³-hybridized carbons (Fsp3) is 0.278. The first-order valence-corrected chi connectivity index (χ1v) is 7.30. The average molecular weight is 282 g/mol. The van der Waals surface area contributed by atoms with Gasteiger partial charge in [-0.15, -0.1) is 0 Å². The minimum atomic E-state index is -0.897. The molecule has 0 bridgehead atoms. The van der Waals surface area contributed by atoms with Crippen LogP contribution in [0.25, 0.3) is 0 Å². The van der Waals surface area contributed by atoms with Crippen molar-refractivity contribution in [2.45, 2.75) is 25.2 Å². The second-order valence-electron chi connectivity index (χ2n) is 5.37. The van der Waals surface area contributed by atoms with E-state index >= 15 is 0 Å². The van der Waals surface area contributed by atoms with Gasteiger partial charge >= 0.3 is 5.97 Å². The molecule has 108 valence electrons. The van der Waals surface area contributed by atoms with Gasteiger partial charge in [-0.1, -0.05) is 30.3 Å². The zero-order valence-corrected chi connectivity index (χ0v) is 11.8. The van der Waals surface area contributed by atoms with E-state index in [-0.39, 0.29) is 5.92 Å². The van der Waals surface area contributed by atoms with Crippen LogP contribution in [0.3, 0.4) is 0 Å². The molecule has 2 aromatic carbocycles. The standard InChI is InChI=1S/C18H18O3/c19-18(20)14-9-10-17-16(12-14)15(8-4-5-11-21-17)13-6-2-1-3-7-13/h1-3,6-7,9-10,12,15H,4-5,8,11H2,(H,19,20). The lowest BCUT2D eigenvalue weighted by molar-refractivity contribution is 0.0696. The monoisotopic (exact) mass is 282 g/mol. The van der Waals surface area contributed by atoms with Gasteiger partial charge in [0.2, 0.25) is 0 Å². The van der Waals surface area contributed by atoms with Gasteiger partial charge in [0.05, 0.1) is 12.2 Å². The van der Waals surface area contributed by atoms with Crippen LogP contribution in [0, 0.1) is 0 Å². The molecule has 0 saturated carbocycles. The molecule has 3 rings (SSSR count). The van der Waals surface area contributed by atoms with E-state index in [1.165, 1.54) is 5.56 Å². The van der Waals surface area contributed by atoms with E-state index < -0.39 is 5.97 Å². The van der Waals surface area contributed by atoms with Crippen LogP contribution in [0.5, 0.6) is 5.75 Å². The molecule has 0 radical (unpaired) electrons. The smallest absolute Gasteiger partial charge is 0.335 e. The maximum Gasteiger partial charge on any atom is 0.335 e. The summed E-state index contributed by atoms with van der Waals surface area (Å²) in [6.45, 7) is 0.695. The van der Waals surface area contributed by atoms with Gasteiger partial charge < -0.3 is 9.84 Å². The topological polar surface area (TPSA) is 46.5 Å². The molecule has 1 N–H and O–H groups in total. The highest BCUT2D eigenvalue weighted by atomic mass is 16.5. The van der Waals surface area contributed by atoms with E-state index in [2.05, 4.69) is 12.1 Å². The average Bonchev–Trinajstić information content (AvgIpc) is 2.49. The summed E-state index contributed by atoms with van der Waals surface area (Å²) in [5.41, 5.74) is 2.52. The Morgan fingerprint density at radius 3 is 2.67 bits per heavy atom. The maximum absolute atomic E-state index is 11.2. The van der Waals surface area contributed by atoms with Gasteiger partial charge in [-0.3, -0.25) is 0 Å². The number of carboxylic acids is 1. The Kier molecular flexibility index (Phi) is 3.91. The van der Waals surface area contributed by atoms with Crippen molar-refractivity contribution in [3.05, 3.63) is 65.2 Å². The summed E-state index contributed by atoms with van der Waals surface area (Å²) in [5.74, 6) is 0.112. The van der Waals surface area contributed by atoms with Crippen LogP contribution in [-0.4, -0.2) is 17.7 Å². The molecule has 1 aliphatic rings. The summed E-state index contributed by atoms with van der Waals surface area (Å²) in [5, 5.41) is 9.23. The summed E-state index contributed by atoms with van der Waals surface area (Å²) >= 11 is 0. The molecule has 21 heavy (non-hydrogen) atoms. The minimum absolute atomic E-state index is 0.195. The Hall–Kier alpha value is -2.29. The molecule has 1 aliphatic heterocycles. The molecule has 0 aromatic heterocycles. The molecule has 0 amide bonds. The highest BCUT2D eigenvalue weighted by Crippen LogP contribution is 2.37. The number of carboxylic acid groups (broad SMARTS) is 1. The predicted octanol–water partition coefficient (Wildman–Crippen LogP) is 4.08. The quantitative estimate of drug-likeness (QED) is 0.902. The molecule has 3 heteroatoms. The van der Waals surface area contributed by atoms with Gasteiger partial charge in [0.15, 0.2) is 0 Å². The van der Waals surface area contributed by atoms with E-state index in [0.717, 1.165) is 30.6 Å². The van der Waals surface area contributed by atoms with Crippen LogP contribution in [0.4, 0.5) is 0 Å². The van der Waals surface area contributed by atoms with Crippen molar-refractivity contribution < 1.29 is 14.6 Å². The molecular weight excluding hydrogens is 264 g/mol. The molecule has 0 spiro atoms. The summed E-state index contributed by atoms with van der Waals surface area (Å²) in [4.78, 5) is 11.2. The lowest BCUT2D eigenvalue weighted by Crippen LogP contribution is -2.11. The second-order valence-corrected chi connectivity index (χ2v) is 5.37. The van der Waals surface area contributed by atoms with Gasteiger partial charge in [-0.25, -0.2) is 4.79 Å². The first-order chi connectivity index (χ1) is 10.3. The fourth-order valence-electron chi connectivity index (χ4n) is 2.90. The van der Waals surface area contributed by atoms with Crippen molar-refractivity contribution in [3.8, 4) is 5.75 Å². The Labute approximate surface area is 124 Å². The summed E-state index contributed by atoms with van der Waals surface area (Å²) in [7, 11) is 0. The van der Waals surface area contributed by atoms with Crippen molar-refractivity contribution >= 4 is 5.97 Å². The number of hydrogen-bond acceptors (Lipinski definition) is 2. The van der Waals surface area contributed by atoms with E-state index in [0.29, 0.717) is 12.2 Å². The van der Waals surface area contributed by atoms with Crippen LogP contribution in [-0.2, 0) is 0 Å². The van der Waals surface area contributed by atoms with Gasteiger partial charge in [0, 0.05) is 11.5 Å². The highest BCUT2D eigenvalue weighted by Gasteiger charge is 2.21. The van der Waals surface area contributed by atoms with Gasteiger partial charge in [0.1, 0.15) is 5.75 Å². The van der Waals surface area contributed by atoms with Crippen LogP contribution < -0.4 is 4.74 Å². The van der Waals surface area contributed by atoms with Crippen molar-refractivity contribution in [3.63, 3.8) is 0 Å². The normalized spacial score (nSPS) is 18.0. The number of fused-ring (bicyclic) bond motifs is 1. The van der Waals surface area contributed by atoms with Gasteiger partial charge in [-0.2, -0.15) is 0 Å². The van der Waals surface area contributed by atoms with Crippen LogP contribution in [0.2, 0.25) is 0 Å². The molecule has 0 fully saturated rings. The SMILES string of the molecule is O=C(O)c1ccc2c(c1)C(c1ccccc1)CCCCO2. The molecular formula is C18H18O3. The van der Waals surface area contributed by atoms with E-state index in [1.807, 2.05) is 18.2 Å². The van der Waals surface area contributed by atoms with Crippen LogP contribution >= 0.6 is 0 Å². The maximum atomic E-state index is 11.2. The van der Waals surface area contributed by atoms with Gasteiger partial charge in [0.25, 0.3) is 0 Å². The zero-order valence-electron chi connectivity index (χ0n) is 11.8. The zero-order chi connectivity index (χ0) is 14.7. The molecule has 3 nitrogen and oxygen atoms in total. The second kappa shape index (κ2) is 6.00. The van der Waals surface area contributed by atoms with E-state index in [9.17, 15) is 9.90 Å². The van der Waals surface area contributed by atoms with E-state index in [4.69, 9.17) is 4.74 Å².